The van der Waals surface area contributed by atoms with E-state index in [1.165, 1.54) is 111 Å². The Balaban J connectivity index is 0.000000123. The Morgan fingerprint density at radius 2 is 0.363 bits per heavy atom. The molecule has 0 radical (unpaired) electrons. The lowest BCUT2D eigenvalue weighted by atomic mass is 10.2. The average Bonchev–Trinajstić information content (AvgIpc) is 0.727. The van der Waals surface area contributed by atoms with E-state index in [1.807, 2.05) is 0 Å². The molecule has 660 valence electrons. The minimum Gasteiger partial charge on any atom is -0.264 e. The smallest absolute Gasteiger partial charge is 0.213 e. The van der Waals surface area contributed by atoms with Crippen LogP contribution in [0.25, 0.3) is 171 Å². The van der Waals surface area contributed by atoms with Crippen LogP contribution in [0.15, 0.2) is 277 Å². The fourth-order valence-corrected chi connectivity index (χ4v) is 13.6. The van der Waals surface area contributed by atoms with Gasteiger partial charge in [-0.05, 0) is 91.0 Å². The molecule has 20 aromatic heterocycles. The Bertz CT molecular complexity index is 6400. The average molecular weight is 1980 g/mol. The predicted molar refractivity (Wildman–Crippen MR) is 492 cm³/mol. The van der Waals surface area contributed by atoms with E-state index < -0.39 is 35.3 Å². The zero-order valence-electron chi connectivity index (χ0n) is 67.6. The SMILES string of the molecule is Clc1ccncc1-c1nc(-c2cnccc2Cl)nc(-c2cnccc2Cl)n1.Clc1cncc(-c2nc(-c3cncc(Cl)c3)nc(-c3cncc(Cl)c3)n2)c1.Clc1cnccc1-c1nc(-c2ccncc2Cl)nc(-c2ccncc2Cl)n1.Fc1cc(-c2nc(-c3ccnc(F)c3)nc(-c3ccnc(F)c3)n2)ccn1.Fc1cnccc1-c1nc(-c2ccncc2F)nc(-c2ccncc2F)n1. The second-order valence-corrected chi connectivity index (χ2v) is 30.8. The quantitative estimate of drug-likeness (QED) is 0.0679. The van der Waals surface area contributed by atoms with Crippen molar-refractivity contribution in [3.05, 3.63) is 357 Å². The van der Waals surface area contributed by atoms with E-state index in [0.29, 0.717) is 164 Å². The van der Waals surface area contributed by atoms with Crippen LogP contribution in [-0.4, -0.2) is 150 Å². The van der Waals surface area contributed by atoms with E-state index in [-0.39, 0.29) is 51.6 Å². The first kappa shape index (κ1) is 92.8. The standard InChI is InChI=1S/3C18H9Cl3N6.2C18H9F3N6/c19-13-1-10(4-22-7-13)16-25-17(11-2-14(20)8-23-5-11)27-18(26-16)12-3-15(21)9-24-6-12;19-13-1-4-22-7-10(13)16-25-17(11-8-23-5-2-14(11)20)27-18(26-16)12-9-24-6-3-15(12)21;2*19-13-7-22-4-1-10(13)16-25-17(11-2-5-23-8-14(11)20)27-18(26-16)12-3-6-24-9-15(12)21;19-13-7-10(1-4-22-13)16-25-17(11-2-5-23-14(20)8-11)27-18(26-16)12-3-6-24-15(21)9-12/h5*1-9H. The molecule has 0 saturated heterocycles. The number of rotatable bonds is 15. The molecule has 0 aliphatic rings. The number of pyridine rings is 15. The van der Waals surface area contributed by atoms with Crippen molar-refractivity contribution in [3.8, 4) is 171 Å². The van der Waals surface area contributed by atoms with Crippen LogP contribution in [0.5, 0.6) is 0 Å². The topological polar surface area (TPSA) is 387 Å². The Morgan fingerprint density at radius 3 is 0.593 bits per heavy atom. The number of aromatic nitrogens is 30. The molecule has 0 amide bonds. The van der Waals surface area contributed by atoms with Gasteiger partial charge in [0.2, 0.25) is 17.8 Å². The Kier molecular flexibility index (Phi) is 29.7. The minimum absolute atomic E-state index is 0.0267. The largest absolute Gasteiger partial charge is 0.264 e. The van der Waals surface area contributed by atoms with Gasteiger partial charge in [-0.2, -0.15) is 13.2 Å². The number of hydrogen-bond donors (Lipinski definition) is 0. The highest BCUT2D eigenvalue weighted by atomic mass is 35.5. The summed E-state index contributed by atoms with van der Waals surface area (Å²) in [6.07, 6.45) is 39.3. The summed E-state index contributed by atoms with van der Waals surface area (Å²) in [5, 5.41) is 4.07. The van der Waals surface area contributed by atoms with Gasteiger partial charge in [-0.15, -0.1) is 0 Å². The van der Waals surface area contributed by atoms with Crippen molar-refractivity contribution in [3.63, 3.8) is 0 Å². The van der Waals surface area contributed by atoms with E-state index in [4.69, 9.17) is 104 Å². The second-order valence-electron chi connectivity index (χ2n) is 27.0. The zero-order valence-corrected chi connectivity index (χ0v) is 74.4. The second kappa shape index (κ2) is 43.2. The first-order valence-corrected chi connectivity index (χ1v) is 41.8. The highest BCUT2D eigenvalue weighted by Gasteiger charge is 2.24. The van der Waals surface area contributed by atoms with Crippen molar-refractivity contribution >= 4 is 104 Å². The van der Waals surface area contributed by atoms with Crippen LogP contribution in [0.3, 0.4) is 0 Å². The van der Waals surface area contributed by atoms with Crippen LogP contribution >= 0.6 is 104 Å². The third-order valence-electron chi connectivity index (χ3n) is 18.1. The fraction of sp³-hybridized carbons (Fsp3) is 0. The van der Waals surface area contributed by atoms with E-state index in [9.17, 15) is 26.3 Å². The van der Waals surface area contributed by atoms with Crippen LogP contribution in [0.4, 0.5) is 26.3 Å². The number of halogens is 15. The molecule has 0 aliphatic carbocycles. The van der Waals surface area contributed by atoms with Gasteiger partial charge in [0.25, 0.3) is 0 Å². The molecular weight excluding hydrogens is 1930 g/mol. The summed E-state index contributed by atoms with van der Waals surface area (Å²) in [6, 6.07) is 27.5. The van der Waals surface area contributed by atoms with Gasteiger partial charge in [-0.25, -0.2) is 103 Å². The molecule has 0 atom stereocenters. The van der Waals surface area contributed by atoms with Gasteiger partial charge in [-0.1, -0.05) is 104 Å². The van der Waals surface area contributed by atoms with Crippen molar-refractivity contribution in [2.24, 2.45) is 0 Å². The van der Waals surface area contributed by atoms with E-state index in [1.54, 1.807) is 129 Å². The summed E-state index contributed by atoms with van der Waals surface area (Å²) >= 11 is 55.9. The highest BCUT2D eigenvalue weighted by Crippen LogP contribution is 2.38. The molecule has 0 aliphatic heterocycles. The number of hydrogen-bond acceptors (Lipinski definition) is 30. The lowest BCUT2D eigenvalue weighted by molar-refractivity contribution is 0.584. The van der Waals surface area contributed by atoms with Gasteiger partial charge in [0.05, 0.1) is 97.2 Å². The van der Waals surface area contributed by atoms with E-state index in [2.05, 4.69) is 150 Å². The molecular formula is C90H45Cl9F6N30. The molecule has 0 N–H and O–H groups in total. The molecule has 0 spiro atoms. The van der Waals surface area contributed by atoms with E-state index in [0.717, 1.165) is 36.8 Å². The van der Waals surface area contributed by atoms with Crippen LogP contribution in [0.2, 0.25) is 45.2 Å². The maximum atomic E-state index is 14.2. The molecule has 20 aromatic rings. The van der Waals surface area contributed by atoms with Crippen LogP contribution < -0.4 is 0 Å². The third kappa shape index (κ3) is 23.2. The highest BCUT2D eigenvalue weighted by molar-refractivity contribution is 6.35. The molecule has 20 heterocycles. The van der Waals surface area contributed by atoms with Gasteiger partial charge in [0.1, 0.15) is 0 Å². The van der Waals surface area contributed by atoms with Gasteiger partial charge in [0, 0.05) is 217 Å². The summed E-state index contributed by atoms with van der Waals surface area (Å²) in [7, 11) is 0. The normalized spacial score (nSPS) is 10.8. The van der Waals surface area contributed by atoms with Crippen LogP contribution in [0.1, 0.15) is 0 Å². The Hall–Kier alpha value is -15.5. The van der Waals surface area contributed by atoms with Crippen molar-refractivity contribution in [2.75, 3.05) is 0 Å². The van der Waals surface area contributed by atoms with E-state index >= 15 is 0 Å². The maximum Gasteiger partial charge on any atom is 0.213 e. The van der Waals surface area contributed by atoms with Gasteiger partial charge >= 0.3 is 0 Å². The third-order valence-corrected chi connectivity index (χ3v) is 20.6. The van der Waals surface area contributed by atoms with Crippen molar-refractivity contribution in [2.45, 2.75) is 0 Å². The van der Waals surface area contributed by atoms with Gasteiger partial charge in [-0.3, -0.25) is 59.8 Å². The van der Waals surface area contributed by atoms with Gasteiger partial charge in [0.15, 0.2) is 105 Å². The monoisotopic (exact) mass is 1970 g/mol. The fourth-order valence-electron chi connectivity index (χ4n) is 11.9. The number of nitrogens with zero attached hydrogens (tertiary/aromatic N) is 30. The van der Waals surface area contributed by atoms with Crippen LogP contribution in [-0.2, 0) is 0 Å². The maximum absolute atomic E-state index is 14.2. The molecule has 0 aromatic carbocycles. The first-order chi connectivity index (χ1) is 65.6. The molecule has 0 fully saturated rings. The predicted octanol–water partition coefficient (Wildman–Crippen LogP) is 22.0. The minimum atomic E-state index is -0.707. The summed E-state index contributed by atoms with van der Waals surface area (Å²) < 4.78 is 83.0. The Morgan fingerprint density at radius 1 is 0.156 bits per heavy atom. The zero-order chi connectivity index (χ0) is 94.0. The lowest BCUT2D eigenvalue weighted by Gasteiger charge is -2.10. The summed E-state index contributed by atoms with van der Waals surface area (Å²) in [6.45, 7) is 0. The van der Waals surface area contributed by atoms with Crippen molar-refractivity contribution in [1.82, 2.24) is 150 Å². The molecule has 0 unspecified atom stereocenters. The molecule has 135 heavy (non-hydrogen) atoms. The van der Waals surface area contributed by atoms with Crippen LogP contribution in [0, 0.1) is 35.3 Å². The molecule has 45 heteroatoms. The summed E-state index contributed by atoms with van der Waals surface area (Å²) in [5.74, 6) is -0.622. The first-order valence-electron chi connectivity index (χ1n) is 38.4. The summed E-state index contributed by atoms with van der Waals surface area (Å²) in [5.41, 5.74) is 6.59. The molecule has 30 nitrogen and oxygen atoms in total. The molecule has 0 saturated carbocycles. The molecule has 20 rings (SSSR count). The Labute approximate surface area is 802 Å². The van der Waals surface area contributed by atoms with Gasteiger partial charge < -0.3 is 0 Å². The molecule has 0 bridgehead atoms. The summed E-state index contributed by atoms with van der Waals surface area (Å²) in [4.78, 5) is 124. The van der Waals surface area contributed by atoms with Crippen molar-refractivity contribution < 1.29 is 26.3 Å². The van der Waals surface area contributed by atoms with Crippen molar-refractivity contribution in [1.29, 1.82) is 0 Å². The lowest BCUT2D eigenvalue weighted by Crippen LogP contribution is -2.03.